The molecule has 0 aromatic carbocycles. The first-order chi connectivity index (χ1) is 9.71. The van der Waals surface area contributed by atoms with Gasteiger partial charge in [0.1, 0.15) is 0 Å². The Labute approximate surface area is 149 Å². The minimum atomic E-state index is 0. The highest BCUT2D eigenvalue weighted by Gasteiger charge is 2.05. The molecule has 21 heavy (non-hydrogen) atoms. The molecular weight excluding hydrogens is 395 g/mol. The Balaban J connectivity index is 0.00000400. The fraction of sp³-hybridized carbons (Fsp3) is 0.600. The molecule has 4 nitrogen and oxygen atoms in total. The van der Waals surface area contributed by atoms with Crippen molar-refractivity contribution in [2.75, 3.05) is 27.2 Å². The number of halogens is 1. The number of aryl methyl sites for hydroxylation is 1. The lowest BCUT2D eigenvalue weighted by Crippen LogP contribution is -2.40. The van der Waals surface area contributed by atoms with Gasteiger partial charge in [-0.25, -0.2) is 4.98 Å². The van der Waals surface area contributed by atoms with E-state index in [-0.39, 0.29) is 24.0 Å². The number of nitrogens with one attached hydrogen (secondary N) is 1. The van der Waals surface area contributed by atoms with Crippen LogP contribution in [0.1, 0.15) is 30.5 Å². The van der Waals surface area contributed by atoms with Gasteiger partial charge in [0.2, 0.25) is 0 Å². The molecule has 120 valence electrons. The molecule has 0 spiro atoms. The van der Waals surface area contributed by atoms with Crippen molar-refractivity contribution < 1.29 is 0 Å². The van der Waals surface area contributed by atoms with Gasteiger partial charge in [0, 0.05) is 39.0 Å². The fourth-order valence-corrected chi connectivity index (χ4v) is 2.67. The van der Waals surface area contributed by atoms with Gasteiger partial charge in [0.05, 0.1) is 10.7 Å². The molecule has 1 rings (SSSR count). The second kappa shape index (κ2) is 12.0. The third-order valence-electron chi connectivity index (χ3n) is 3.04. The van der Waals surface area contributed by atoms with Gasteiger partial charge in [-0.15, -0.1) is 41.9 Å². The highest BCUT2D eigenvalue weighted by molar-refractivity contribution is 14.0. The second-order valence-electron chi connectivity index (χ2n) is 4.66. The molecule has 0 atom stereocenters. The summed E-state index contributed by atoms with van der Waals surface area (Å²) in [6.45, 7) is 7.74. The van der Waals surface area contributed by atoms with E-state index in [0.717, 1.165) is 44.7 Å². The zero-order chi connectivity index (χ0) is 14.8. The SMILES string of the molecule is C=CCCCN(C)C(=NC)NCCc1csc(CC)n1.I. The van der Waals surface area contributed by atoms with Crippen molar-refractivity contribution in [2.45, 2.75) is 32.6 Å². The molecule has 0 unspecified atom stereocenters. The molecule has 1 heterocycles. The summed E-state index contributed by atoms with van der Waals surface area (Å²) in [6.07, 6.45) is 6.06. The van der Waals surface area contributed by atoms with Crippen LogP contribution in [0, 0.1) is 0 Å². The summed E-state index contributed by atoms with van der Waals surface area (Å²) in [6, 6.07) is 0. The Morgan fingerprint density at radius 1 is 1.57 bits per heavy atom. The maximum atomic E-state index is 4.57. The number of hydrogen-bond donors (Lipinski definition) is 1. The number of hydrogen-bond acceptors (Lipinski definition) is 3. The van der Waals surface area contributed by atoms with E-state index < -0.39 is 0 Å². The highest BCUT2D eigenvalue weighted by atomic mass is 127. The first kappa shape index (κ1) is 20.4. The van der Waals surface area contributed by atoms with Crippen molar-refractivity contribution in [3.63, 3.8) is 0 Å². The summed E-state index contributed by atoms with van der Waals surface area (Å²) in [5.41, 5.74) is 1.17. The summed E-state index contributed by atoms with van der Waals surface area (Å²) < 4.78 is 0. The minimum Gasteiger partial charge on any atom is -0.356 e. The molecule has 0 radical (unpaired) electrons. The molecule has 0 fully saturated rings. The molecule has 1 aromatic rings. The molecule has 0 saturated heterocycles. The average molecular weight is 422 g/mol. The molecule has 1 N–H and O–H groups in total. The van der Waals surface area contributed by atoms with E-state index in [2.05, 4.69) is 46.1 Å². The normalized spacial score (nSPS) is 10.9. The first-order valence-corrected chi connectivity index (χ1v) is 8.05. The smallest absolute Gasteiger partial charge is 0.193 e. The fourth-order valence-electron chi connectivity index (χ4n) is 1.89. The molecule has 1 aromatic heterocycles. The summed E-state index contributed by atoms with van der Waals surface area (Å²) >= 11 is 1.75. The summed E-state index contributed by atoms with van der Waals surface area (Å²) in [4.78, 5) is 11.0. The van der Waals surface area contributed by atoms with Crippen molar-refractivity contribution in [3.8, 4) is 0 Å². The van der Waals surface area contributed by atoms with Crippen molar-refractivity contribution in [1.29, 1.82) is 0 Å². The zero-order valence-corrected chi connectivity index (χ0v) is 16.4. The molecule has 0 bridgehead atoms. The highest BCUT2D eigenvalue weighted by Crippen LogP contribution is 2.10. The third-order valence-corrected chi connectivity index (χ3v) is 4.08. The number of rotatable bonds is 8. The average Bonchev–Trinajstić information content (AvgIpc) is 2.91. The Morgan fingerprint density at radius 2 is 2.33 bits per heavy atom. The van der Waals surface area contributed by atoms with Gasteiger partial charge in [-0.05, 0) is 19.3 Å². The van der Waals surface area contributed by atoms with Crippen LogP contribution in [0.15, 0.2) is 23.0 Å². The van der Waals surface area contributed by atoms with E-state index in [1.807, 2.05) is 13.1 Å². The predicted molar refractivity (Wildman–Crippen MR) is 104 cm³/mol. The topological polar surface area (TPSA) is 40.5 Å². The molecule has 0 amide bonds. The van der Waals surface area contributed by atoms with E-state index in [1.165, 1.54) is 10.7 Å². The van der Waals surface area contributed by atoms with Gasteiger partial charge >= 0.3 is 0 Å². The second-order valence-corrected chi connectivity index (χ2v) is 5.61. The lowest BCUT2D eigenvalue weighted by atomic mass is 10.3. The summed E-state index contributed by atoms with van der Waals surface area (Å²) in [7, 11) is 3.89. The maximum Gasteiger partial charge on any atom is 0.193 e. The van der Waals surface area contributed by atoms with Crippen molar-refractivity contribution in [1.82, 2.24) is 15.2 Å². The summed E-state index contributed by atoms with van der Waals surface area (Å²) in [5.74, 6) is 0.944. The van der Waals surface area contributed by atoms with Gasteiger partial charge < -0.3 is 10.2 Å². The van der Waals surface area contributed by atoms with E-state index >= 15 is 0 Å². The van der Waals surface area contributed by atoms with Crippen LogP contribution in [0.4, 0.5) is 0 Å². The Morgan fingerprint density at radius 3 is 2.90 bits per heavy atom. The van der Waals surface area contributed by atoms with Crippen LogP contribution in [-0.4, -0.2) is 43.0 Å². The van der Waals surface area contributed by atoms with Crippen LogP contribution >= 0.6 is 35.3 Å². The number of nitrogens with zero attached hydrogens (tertiary/aromatic N) is 3. The van der Waals surface area contributed by atoms with Gasteiger partial charge in [-0.1, -0.05) is 13.0 Å². The van der Waals surface area contributed by atoms with Crippen LogP contribution in [-0.2, 0) is 12.8 Å². The Kier molecular flexibility index (Phi) is 11.6. The quantitative estimate of drug-likeness (QED) is 0.230. The van der Waals surface area contributed by atoms with E-state index in [4.69, 9.17) is 0 Å². The Bertz CT molecular complexity index is 431. The maximum absolute atomic E-state index is 4.57. The van der Waals surface area contributed by atoms with Crippen LogP contribution in [0.25, 0.3) is 0 Å². The number of unbranched alkanes of at least 4 members (excludes halogenated alkanes) is 1. The molecule has 6 heteroatoms. The van der Waals surface area contributed by atoms with E-state index in [9.17, 15) is 0 Å². The van der Waals surface area contributed by atoms with Gasteiger partial charge in [0.15, 0.2) is 5.96 Å². The number of thiazole rings is 1. The number of guanidine groups is 1. The zero-order valence-electron chi connectivity index (χ0n) is 13.3. The van der Waals surface area contributed by atoms with Crippen LogP contribution in [0.3, 0.4) is 0 Å². The van der Waals surface area contributed by atoms with Gasteiger partial charge in [0.25, 0.3) is 0 Å². The van der Waals surface area contributed by atoms with Crippen LogP contribution in [0.5, 0.6) is 0 Å². The monoisotopic (exact) mass is 422 g/mol. The van der Waals surface area contributed by atoms with Gasteiger partial charge in [-0.3, -0.25) is 4.99 Å². The minimum absolute atomic E-state index is 0. The van der Waals surface area contributed by atoms with Crippen molar-refractivity contribution >= 4 is 41.3 Å². The summed E-state index contributed by atoms with van der Waals surface area (Å²) in [5, 5.41) is 6.75. The molecule has 0 aliphatic rings. The molecule has 0 aliphatic carbocycles. The van der Waals surface area contributed by atoms with Crippen LogP contribution in [0.2, 0.25) is 0 Å². The van der Waals surface area contributed by atoms with Crippen molar-refractivity contribution in [2.24, 2.45) is 4.99 Å². The predicted octanol–water partition coefficient (Wildman–Crippen LogP) is 3.34. The first-order valence-electron chi connectivity index (χ1n) is 7.17. The third kappa shape index (κ3) is 7.80. The number of allylic oxidation sites excluding steroid dienone is 1. The van der Waals surface area contributed by atoms with Crippen molar-refractivity contribution in [3.05, 3.63) is 28.7 Å². The number of aromatic nitrogens is 1. The molecule has 0 saturated carbocycles. The van der Waals surface area contributed by atoms with E-state index in [0.29, 0.717) is 0 Å². The van der Waals surface area contributed by atoms with E-state index in [1.54, 1.807) is 11.3 Å². The number of aliphatic imine (C=N–C) groups is 1. The lowest BCUT2D eigenvalue weighted by molar-refractivity contribution is 0.470. The largest absolute Gasteiger partial charge is 0.356 e. The van der Waals surface area contributed by atoms with Crippen LogP contribution < -0.4 is 5.32 Å². The lowest BCUT2D eigenvalue weighted by Gasteiger charge is -2.21. The molecular formula is C15H27IN4S. The Hall–Kier alpha value is -0.630. The standard InChI is InChI=1S/C15H26N4S.HI/c1-5-7-8-11-19(4)15(16-3)17-10-9-13-12-20-14(6-2)18-13;/h5,12H,1,6-11H2,2-4H3,(H,16,17);1H. The molecule has 0 aliphatic heterocycles. The van der Waals surface area contributed by atoms with Gasteiger partial charge in [-0.2, -0.15) is 0 Å².